The van der Waals surface area contributed by atoms with Crippen molar-refractivity contribution in [2.75, 3.05) is 6.61 Å². The van der Waals surface area contributed by atoms with Crippen molar-refractivity contribution in [2.24, 2.45) is 0 Å². The van der Waals surface area contributed by atoms with Crippen LogP contribution >= 0.6 is 0 Å². The van der Waals surface area contributed by atoms with Crippen LogP contribution in [0.5, 0.6) is 5.75 Å². The van der Waals surface area contributed by atoms with Crippen molar-refractivity contribution in [2.45, 2.75) is 26.3 Å². The number of nitrogens with one attached hydrogen (secondary N) is 1. The van der Waals surface area contributed by atoms with Crippen molar-refractivity contribution >= 4 is 5.91 Å². The predicted molar refractivity (Wildman–Crippen MR) is 84.2 cm³/mol. The maximum atomic E-state index is 13.2. The van der Waals surface area contributed by atoms with Gasteiger partial charge in [-0.25, -0.2) is 8.78 Å². The molecule has 0 spiro atoms. The minimum Gasteiger partial charge on any atom is -0.483 e. The van der Waals surface area contributed by atoms with Crippen LogP contribution in [0.25, 0.3) is 0 Å². The number of rotatable bonds is 6. The second-order valence-electron chi connectivity index (χ2n) is 5.21. The molecule has 1 amide bonds. The summed E-state index contributed by atoms with van der Waals surface area (Å²) in [4.78, 5) is 11.9. The van der Waals surface area contributed by atoms with Crippen molar-refractivity contribution in [1.29, 1.82) is 0 Å². The number of halogens is 2. The van der Waals surface area contributed by atoms with Crippen molar-refractivity contribution in [1.82, 2.24) is 5.32 Å². The van der Waals surface area contributed by atoms with Gasteiger partial charge in [0.2, 0.25) is 0 Å². The summed E-state index contributed by atoms with van der Waals surface area (Å²) in [6.07, 6.45) is 0.809. The normalized spacial score (nSPS) is 11.8. The Morgan fingerprint density at radius 1 is 1.17 bits per heavy atom. The van der Waals surface area contributed by atoms with Crippen molar-refractivity contribution in [3.05, 3.63) is 65.2 Å². The van der Waals surface area contributed by atoms with Gasteiger partial charge in [0.15, 0.2) is 18.2 Å². The van der Waals surface area contributed by atoms with Gasteiger partial charge in [-0.1, -0.05) is 31.2 Å². The van der Waals surface area contributed by atoms with Gasteiger partial charge < -0.3 is 10.1 Å². The largest absolute Gasteiger partial charge is 0.483 e. The van der Waals surface area contributed by atoms with E-state index < -0.39 is 17.7 Å². The predicted octanol–water partition coefficient (Wildman–Crippen LogP) is 3.78. The highest BCUT2D eigenvalue weighted by Gasteiger charge is 2.13. The molecule has 0 heterocycles. The van der Waals surface area contributed by atoms with E-state index in [4.69, 9.17) is 4.74 Å². The highest BCUT2D eigenvalue weighted by atomic mass is 19.2. The minimum atomic E-state index is -0.934. The first kappa shape index (κ1) is 16.9. The van der Waals surface area contributed by atoms with Crippen LogP contribution in [-0.2, 0) is 11.2 Å². The minimum absolute atomic E-state index is 0.134. The Morgan fingerprint density at radius 3 is 2.61 bits per heavy atom. The summed E-state index contributed by atoms with van der Waals surface area (Å²) in [6.45, 7) is 3.57. The van der Waals surface area contributed by atoms with E-state index in [0.717, 1.165) is 24.1 Å². The van der Waals surface area contributed by atoms with Crippen LogP contribution in [0.3, 0.4) is 0 Å². The zero-order valence-electron chi connectivity index (χ0n) is 13.1. The lowest BCUT2D eigenvalue weighted by atomic mass is 10.1. The van der Waals surface area contributed by atoms with Crippen LogP contribution in [0.1, 0.15) is 31.0 Å². The average Bonchev–Trinajstić information content (AvgIpc) is 2.55. The lowest BCUT2D eigenvalue weighted by Crippen LogP contribution is -2.31. The van der Waals surface area contributed by atoms with E-state index in [2.05, 4.69) is 5.32 Å². The summed E-state index contributed by atoms with van der Waals surface area (Å²) in [5.74, 6) is -1.50. The smallest absolute Gasteiger partial charge is 0.258 e. The van der Waals surface area contributed by atoms with Crippen LogP contribution in [0.2, 0.25) is 0 Å². The Hall–Kier alpha value is -2.43. The average molecular weight is 319 g/mol. The molecule has 0 fully saturated rings. The maximum Gasteiger partial charge on any atom is 0.258 e. The van der Waals surface area contributed by atoms with E-state index in [9.17, 15) is 13.6 Å². The van der Waals surface area contributed by atoms with E-state index >= 15 is 0 Å². The molecule has 0 aromatic heterocycles. The number of aryl methyl sites for hydroxylation is 1. The molecule has 122 valence electrons. The summed E-state index contributed by atoms with van der Waals surface area (Å²) in [7, 11) is 0. The Morgan fingerprint density at radius 2 is 1.91 bits per heavy atom. The molecule has 0 aliphatic carbocycles. The number of ether oxygens (including phenoxy) is 1. The number of amides is 1. The molecule has 1 unspecified atom stereocenters. The van der Waals surface area contributed by atoms with Gasteiger partial charge in [-0.3, -0.25) is 4.79 Å². The maximum absolute atomic E-state index is 13.2. The van der Waals surface area contributed by atoms with E-state index in [1.54, 1.807) is 6.92 Å². The van der Waals surface area contributed by atoms with Gasteiger partial charge in [-0.2, -0.15) is 0 Å². The van der Waals surface area contributed by atoms with Crippen LogP contribution in [0.4, 0.5) is 8.78 Å². The zero-order valence-corrected chi connectivity index (χ0v) is 13.1. The molecule has 0 aliphatic rings. The number of hydrogen-bond acceptors (Lipinski definition) is 2. The first-order valence-corrected chi connectivity index (χ1v) is 7.46. The fourth-order valence-corrected chi connectivity index (χ4v) is 2.23. The lowest BCUT2D eigenvalue weighted by Gasteiger charge is -2.15. The monoisotopic (exact) mass is 319 g/mol. The Labute approximate surface area is 134 Å². The Kier molecular flexibility index (Phi) is 5.68. The quantitative estimate of drug-likeness (QED) is 0.880. The van der Waals surface area contributed by atoms with E-state index in [1.807, 2.05) is 31.2 Å². The van der Waals surface area contributed by atoms with Gasteiger partial charge in [0.05, 0.1) is 6.04 Å². The van der Waals surface area contributed by atoms with E-state index in [-0.39, 0.29) is 12.5 Å². The molecule has 1 atom stereocenters. The Balaban J connectivity index is 1.92. The number of hydrogen-bond donors (Lipinski definition) is 1. The SMILES string of the molecule is CCc1ccccc1OCC(=O)NC(C)c1ccc(F)c(F)c1. The molecule has 2 aromatic carbocycles. The van der Waals surface area contributed by atoms with Gasteiger partial charge in [0, 0.05) is 0 Å². The van der Waals surface area contributed by atoms with Gasteiger partial charge in [-0.15, -0.1) is 0 Å². The zero-order chi connectivity index (χ0) is 16.8. The molecule has 5 heteroatoms. The third-order valence-corrected chi connectivity index (χ3v) is 3.53. The van der Waals surface area contributed by atoms with Crippen LogP contribution < -0.4 is 10.1 Å². The van der Waals surface area contributed by atoms with Crippen LogP contribution in [0.15, 0.2) is 42.5 Å². The highest BCUT2D eigenvalue weighted by Crippen LogP contribution is 2.19. The molecule has 0 radical (unpaired) electrons. The second kappa shape index (κ2) is 7.72. The Bertz CT molecular complexity index is 688. The third-order valence-electron chi connectivity index (χ3n) is 3.53. The summed E-state index contributed by atoms with van der Waals surface area (Å²) in [5, 5.41) is 2.70. The molecular weight excluding hydrogens is 300 g/mol. The second-order valence-corrected chi connectivity index (χ2v) is 5.21. The summed E-state index contributed by atoms with van der Waals surface area (Å²) in [5.41, 5.74) is 1.51. The van der Waals surface area contributed by atoms with Crippen LogP contribution in [0, 0.1) is 11.6 Å². The fourth-order valence-electron chi connectivity index (χ4n) is 2.23. The fraction of sp³-hybridized carbons (Fsp3) is 0.278. The van der Waals surface area contributed by atoms with Gasteiger partial charge in [0.25, 0.3) is 5.91 Å². The van der Waals surface area contributed by atoms with Crippen molar-refractivity contribution < 1.29 is 18.3 Å². The number of benzene rings is 2. The molecule has 23 heavy (non-hydrogen) atoms. The van der Waals surface area contributed by atoms with E-state index in [0.29, 0.717) is 11.3 Å². The summed E-state index contributed by atoms with van der Waals surface area (Å²) >= 11 is 0. The number of para-hydroxylation sites is 1. The van der Waals surface area contributed by atoms with Gasteiger partial charge >= 0.3 is 0 Å². The van der Waals surface area contributed by atoms with Crippen LogP contribution in [-0.4, -0.2) is 12.5 Å². The topological polar surface area (TPSA) is 38.3 Å². The molecular formula is C18H19F2NO2. The third kappa shape index (κ3) is 4.52. The molecule has 3 nitrogen and oxygen atoms in total. The highest BCUT2D eigenvalue weighted by molar-refractivity contribution is 5.78. The first-order chi connectivity index (χ1) is 11.0. The van der Waals surface area contributed by atoms with E-state index in [1.165, 1.54) is 6.07 Å². The molecule has 0 bridgehead atoms. The molecule has 1 N–H and O–H groups in total. The van der Waals surface area contributed by atoms with Crippen molar-refractivity contribution in [3.8, 4) is 5.75 Å². The molecule has 0 saturated heterocycles. The number of carbonyl (C=O) groups is 1. The first-order valence-electron chi connectivity index (χ1n) is 7.46. The van der Waals surface area contributed by atoms with Gasteiger partial charge in [-0.05, 0) is 42.7 Å². The van der Waals surface area contributed by atoms with Crippen molar-refractivity contribution in [3.63, 3.8) is 0 Å². The molecule has 2 aromatic rings. The number of carbonyl (C=O) groups excluding carboxylic acids is 1. The molecule has 0 aliphatic heterocycles. The molecule has 2 rings (SSSR count). The summed E-state index contributed by atoms with van der Waals surface area (Å²) < 4.78 is 31.7. The van der Waals surface area contributed by atoms with Gasteiger partial charge in [0.1, 0.15) is 5.75 Å². The lowest BCUT2D eigenvalue weighted by molar-refractivity contribution is -0.123. The standard InChI is InChI=1S/C18H19F2NO2/c1-3-13-6-4-5-7-17(13)23-11-18(22)21-12(2)14-8-9-15(19)16(20)10-14/h4-10,12H,3,11H2,1-2H3,(H,21,22). The summed E-state index contributed by atoms with van der Waals surface area (Å²) in [6, 6.07) is 10.6. The molecule has 0 saturated carbocycles.